The molecule has 168 valence electrons. The Bertz CT molecular complexity index is 651. The van der Waals surface area contributed by atoms with Gasteiger partial charge >= 0.3 is 0 Å². The molecule has 1 aromatic rings. The second-order valence-corrected chi connectivity index (χ2v) is 8.61. The van der Waals surface area contributed by atoms with E-state index in [1.807, 2.05) is 12.1 Å². The molecule has 30 heavy (non-hydrogen) atoms. The minimum Gasteiger partial charge on any atom is -0.368 e. The van der Waals surface area contributed by atoms with Gasteiger partial charge in [0.05, 0.1) is 0 Å². The lowest BCUT2D eigenvalue weighted by molar-refractivity contribution is 0.136. The van der Waals surface area contributed by atoms with Gasteiger partial charge in [-0.05, 0) is 51.1 Å². The molecule has 2 fully saturated rings. The molecule has 0 atom stereocenters. The van der Waals surface area contributed by atoms with Crippen molar-refractivity contribution in [3.8, 4) is 0 Å². The summed E-state index contributed by atoms with van der Waals surface area (Å²) in [5.74, 6) is 1.07. The largest absolute Gasteiger partial charge is 0.368 e. The van der Waals surface area contributed by atoms with Crippen LogP contribution in [0.2, 0.25) is 5.02 Å². The summed E-state index contributed by atoms with van der Waals surface area (Å²) in [6.45, 7) is 17.5. The molecule has 0 bridgehead atoms. The van der Waals surface area contributed by atoms with E-state index in [1.54, 1.807) is 0 Å². The zero-order valence-electron chi connectivity index (χ0n) is 18.8. The van der Waals surface area contributed by atoms with Gasteiger partial charge in [0.15, 0.2) is 5.96 Å². The summed E-state index contributed by atoms with van der Waals surface area (Å²) in [6, 6.07) is 8.16. The van der Waals surface area contributed by atoms with Gasteiger partial charge in [-0.3, -0.25) is 4.99 Å². The van der Waals surface area contributed by atoms with Crippen LogP contribution in [0.5, 0.6) is 0 Å². The molecule has 0 unspecified atom stereocenters. The Labute approximate surface area is 187 Å². The predicted octanol–water partition coefficient (Wildman–Crippen LogP) is 2.85. The second kappa shape index (κ2) is 12.4. The first-order valence-corrected chi connectivity index (χ1v) is 12.1. The molecule has 0 radical (unpaired) electrons. The molecule has 0 amide bonds. The Morgan fingerprint density at radius 2 is 1.70 bits per heavy atom. The third-order valence-electron chi connectivity index (χ3n) is 6.14. The number of hydrogen-bond acceptors (Lipinski definition) is 4. The lowest BCUT2D eigenvalue weighted by atomic mass is 10.2. The number of likely N-dealkylation sites (N-methyl/N-ethyl adjacent to an activating group) is 1. The first-order valence-electron chi connectivity index (χ1n) is 11.7. The van der Waals surface area contributed by atoms with Crippen LogP contribution >= 0.6 is 11.6 Å². The molecule has 6 nitrogen and oxygen atoms in total. The monoisotopic (exact) mass is 434 g/mol. The van der Waals surface area contributed by atoms with Crippen LogP contribution in [0.15, 0.2) is 29.3 Å². The van der Waals surface area contributed by atoms with Gasteiger partial charge in [0.25, 0.3) is 0 Å². The molecule has 2 heterocycles. The summed E-state index contributed by atoms with van der Waals surface area (Å²) >= 11 is 6.16. The zero-order chi connectivity index (χ0) is 21.2. The van der Waals surface area contributed by atoms with Crippen molar-refractivity contribution in [2.75, 3.05) is 83.4 Å². The zero-order valence-corrected chi connectivity index (χ0v) is 19.6. The molecule has 2 aliphatic heterocycles. The lowest BCUT2D eigenvalue weighted by Crippen LogP contribution is -2.52. The topological polar surface area (TPSA) is 37.4 Å². The second-order valence-electron chi connectivity index (χ2n) is 8.17. The highest BCUT2D eigenvalue weighted by molar-refractivity contribution is 6.30. The van der Waals surface area contributed by atoms with Crippen LogP contribution in [0.4, 0.5) is 5.69 Å². The van der Waals surface area contributed by atoms with Crippen molar-refractivity contribution >= 4 is 23.2 Å². The quantitative estimate of drug-likeness (QED) is 0.387. The van der Waals surface area contributed by atoms with Crippen LogP contribution in [0, 0.1) is 0 Å². The number of anilines is 1. The molecule has 7 heteroatoms. The molecule has 2 aliphatic rings. The summed E-state index contributed by atoms with van der Waals surface area (Å²) < 4.78 is 0. The number of nitrogens with one attached hydrogen (secondary N) is 1. The Kier molecular flexibility index (Phi) is 9.56. The molecule has 0 saturated carbocycles. The molecular weight excluding hydrogens is 396 g/mol. The van der Waals surface area contributed by atoms with Crippen molar-refractivity contribution < 1.29 is 0 Å². The van der Waals surface area contributed by atoms with E-state index in [9.17, 15) is 0 Å². The van der Waals surface area contributed by atoms with Crippen molar-refractivity contribution in [2.45, 2.75) is 26.7 Å². The van der Waals surface area contributed by atoms with E-state index in [-0.39, 0.29) is 0 Å². The average Bonchev–Trinajstić information content (AvgIpc) is 2.79. The molecule has 0 spiro atoms. The van der Waals surface area contributed by atoms with Crippen LogP contribution in [0.1, 0.15) is 26.7 Å². The minimum atomic E-state index is 0.803. The predicted molar refractivity (Wildman–Crippen MR) is 129 cm³/mol. The normalized spacial score (nSPS) is 19.4. The molecular formula is C23H39ClN6. The van der Waals surface area contributed by atoms with Gasteiger partial charge in [-0.15, -0.1) is 0 Å². The Balaban J connectivity index is 1.39. The van der Waals surface area contributed by atoms with Crippen molar-refractivity contribution in [2.24, 2.45) is 4.99 Å². The van der Waals surface area contributed by atoms with E-state index in [0.717, 1.165) is 56.7 Å². The third kappa shape index (κ3) is 7.03. The van der Waals surface area contributed by atoms with E-state index >= 15 is 0 Å². The third-order valence-corrected chi connectivity index (χ3v) is 6.38. The maximum atomic E-state index is 6.16. The van der Waals surface area contributed by atoms with Gasteiger partial charge in [0.2, 0.25) is 0 Å². The number of unbranched alkanes of at least 4 members (excludes halogenated alkanes) is 1. The highest BCUT2D eigenvalue weighted by atomic mass is 35.5. The van der Waals surface area contributed by atoms with Crippen LogP contribution in [-0.4, -0.2) is 99.2 Å². The SMILES string of the molecule is CCNC(=NCCCCN1CCN(CC)CC1)N1CCN(c2cccc(Cl)c2)CC1. The molecule has 1 aromatic carbocycles. The highest BCUT2D eigenvalue weighted by Gasteiger charge is 2.20. The number of nitrogens with zero attached hydrogens (tertiary/aromatic N) is 5. The van der Waals surface area contributed by atoms with Crippen molar-refractivity contribution in [3.63, 3.8) is 0 Å². The number of rotatable bonds is 8. The summed E-state index contributed by atoms with van der Waals surface area (Å²) in [6.07, 6.45) is 2.39. The number of guanidine groups is 1. The fourth-order valence-electron chi connectivity index (χ4n) is 4.24. The molecule has 1 N–H and O–H groups in total. The Morgan fingerprint density at radius 3 is 2.37 bits per heavy atom. The standard InChI is InChI=1S/C23H39ClN6/c1-3-25-23(26-10-5-6-11-28-14-12-27(4-2)13-15-28)30-18-16-29(17-19-30)22-9-7-8-21(24)20-22/h7-9,20H,3-6,10-19H2,1-2H3,(H,25,26). The van der Waals surface area contributed by atoms with Gasteiger partial charge in [-0.2, -0.15) is 0 Å². The number of aliphatic imine (C=N–C) groups is 1. The van der Waals surface area contributed by atoms with Crippen LogP contribution in [-0.2, 0) is 0 Å². The summed E-state index contributed by atoms with van der Waals surface area (Å²) in [5.41, 5.74) is 1.21. The number of benzene rings is 1. The maximum absolute atomic E-state index is 6.16. The van der Waals surface area contributed by atoms with Crippen molar-refractivity contribution in [1.29, 1.82) is 0 Å². The highest BCUT2D eigenvalue weighted by Crippen LogP contribution is 2.20. The lowest BCUT2D eigenvalue weighted by Gasteiger charge is -2.37. The maximum Gasteiger partial charge on any atom is 0.194 e. The van der Waals surface area contributed by atoms with E-state index in [0.29, 0.717) is 0 Å². The van der Waals surface area contributed by atoms with E-state index in [4.69, 9.17) is 16.6 Å². The smallest absolute Gasteiger partial charge is 0.194 e. The average molecular weight is 435 g/mol. The number of halogens is 1. The Morgan fingerprint density at radius 1 is 0.967 bits per heavy atom. The van der Waals surface area contributed by atoms with Crippen LogP contribution < -0.4 is 10.2 Å². The summed E-state index contributed by atoms with van der Waals surface area (Å²) in [4.78, 5) is 14.9. The van der Waals surface area contributed by atoms with Crippen LogP contribution in [0.25, 0.3) is 0 Å². The number of hydrogen-bond donors (Lipinski definition) is 1. The van der Waals surface area contributed by atoms with E-state index in [2.05, 4.69) is 50.9 Å². The van der Waals surface area contributed by atoms with Gasteiger partial charge < -0.3 is 24.9 Å². The fourth-order valence-corrected chi connectivity index (χ4v) is 4.42. The van der Waals surface area contributed by atoms with E-state index in [1.165, 1.54) is 51.4 Å². The molecule has 3 rings (SSSR count). The first kappa shape index (κ1) is 23.2. The molecule has 2 saturated heterocycles. The fraction of sp³-hybridized carbons (Fsp3) is 0.696. The number of piperazine rings is 2. The van der Waals surface area contributed by atoms with Gasteiger partial charge in [0.1, 0.15) is 0 Å². The van der Waals surface area contributed by atoms with Crippen LogP contribution in [0.3, 0.4) is 0 Å². The van der Waals surface area contributed by atoms with Gasteiger partial charge in [-0.25, -0.2) is 0 Å². The minimum absolute atomic E-state index is 0.803. The van der Waals surface area contributed by atoms with E-state index < -0.39 is 0 Å². The van der Waals surface area contributed by atoms with Crippen molar-refractivity contribution in [3.05, 3.63) is 29.3 Å². The van der Waals surface area contributed by atoms with Crippen molar-refractivity contribution in [1.82, 2.24) is 20.0 Å². The summed E-state index contributed by atoms with van der Waals surface area (Å²) in [7, 11) is 0. The molecule has 0 aliphatic carbocycles. The van der Waals surface area contributed by atoms with Gasteiger partial charge in [-0.1, -0.05) is 24.6 Å². The van der Waals surface area contributed by atoms with Gasteiger partial charge in [0, 0.05) is 76.2 Å². The summed E-state index contributed by atoms with van der Waals surface area (Å²) in [5, 5.41) is 4.29. The molecule has 0 aromatic heterocycles. The first-order chi connectivity index (χ1) is 14.7. The Hall–Kier alpha value is -1.50.